The molecule has 0 radical (unpaired) electrons. The largest absolute Gasteiger partial charge is 1.00 e. The molecular weight excluding hydrogens is 241 g/mol. The van der Waals surface area contributed by atoms with Gasteiger partial charge in [0, 0.05) is 0 Å². The molecule has 1 nitrogen and oxygen atoms in total. The summed E-state index contributed by atoms with van der Waals surface area (Å²) in [5, 5.41) is 8.77. The van der Waals surface area contributed by atoms with Gasteiger partial charge >= 0.3 is 58.4 Å². The number of nitrogens with zero attached hydrogens (tertiary/aromatic N) is 1. The van der Waals surface area contributed by atoms with Crippen LogP contribution in [-0.4, -0.2) is 6.98 Å². The molecule has 0 aromatic heterocycles. The molecule has 0 bridgehead atoms. The van der Waals surface area contributed by atoms with Gasteiger partial charge < -0.3 is 12.9 Å². The first-order valence-corrected chi connectivity index (χ1v) is 4.76. The van der Waals surface area contributed by atoms with Crippen LogP contribution in [0.15, 0.2) is 18.2 Å². The zero-order valence-electron chi connectivity index (χ0n) is 8.88. The van der Waals surface area contributed by atoms with Crippen LogP contribution in [0, 0.1) is 11.3 Å². The van der Waals surface area contributed by atoms with E-state index >= 15 is 0 Å². The molecule has 1 aromatic rings. The van der Waals surface area contributed by atoms with Gasteiger partial charge in [0.05, 0.1) is 11.6 Å². The molecule has 0 spiro atoms. The Balaban J connectivity index is 0.00000128. The molecule has 0 unspecified atom stereocenters. The number of hydrogen-bond donors (Lipinski definition) is 0. The van der Waals surface area contributed by atoms with Gasteiger partial charge in [-0.1, -0.05) is 18.2 Å². The van der Waals surface area contributed by atoms with E-state index in [-0.39, 0.29) is 56.9 Å². The van der Waals surface area contributed by atoms with E-state index in [0.29, 0.717) is 5.92 Å². The van der Waals surface area contributed by atoms with Crippen molar-refractivity contribution in [3.8, 4) is 6.07 Å². The van der Waals surface area contributed by atoms with Crippen LogP contribution in [0.1, 0.15) is 29.9 Å². The number of halogens is 3. The normalized spacial score (nSPS) is 15.1. The van der Waals surface area contributed by atoms with Gasteiger partial charge in [0.25, 0.3) is 0 Å². The molecule has 0 aliphatic heterocycles. The maximum Gasteiger partial charge on any atom is 1.00 e. The Bertz CT molecular complexity index is 435. The van der Waals surface area contributed by atoms with Crippen LogP contribution < -0.4 is 56.8 Å². The molecule has 0 saturated heterocycles. The molecule has 1 fully saturated rings. The van der Waals surface area contributed by atoms with Crippen molar-refractivity contribution >= 4 is 12.4 Å². The third-order valence-electron chi connectivity index (χ3n) is 2.59. The third-order valence-corrected chi connectivity index (χ3v) is 2.59. The van der Waals surface area contributed by atoms with Crippen molar-refractivity contribution in [3.63, 3.8) is 0 Å². The minimum absolute atomic E-state index is 0. The second-order valence-electron chi connectivity index (χ2n) is 3.81. The molecule has 0 N–H and O–H groups in total. The van der Waals surface area contributed by atoms with Gasteiger partial charge in [-0.15, -0.1) is 5.46 Å². The fourth-order valence-corrected chi connectivity index (χ4v) is 1.62. The average Bonchev–Trinajstić information content (AvgIpc) is 2.98. The van der Waals surface area contributed by atoms with E-state index in [4.69, 9.17) is 5.26 Å². The van der Waals surface area contributed by atoms with Gasteiger partial charge in [0.1, 0.15) is 0 Å². The molecule has 1 aromatic carbocycles. The van der Waals surface area contributed by atoms with Gasteiger partial charge in [-0.3, -0.25) is 0 Å². The Labute approximate surface area is 135 Å². The van der Waals surface area contributed by atoms with Crippen LogP contribution >= 0.6 is 0 Å². The summed E-state index contributed by atoms with van der Waals surface area (Å²) in [6, 6.07) is 5.33. The molecule has 0 heterocycles. The summed E-state index contributed by atoms with van der Waals surface area (Å²) >= 11 is 0. The SMILES string of the molecule is N#Cc1cc([B-](F)(F)F)ccc1C1CC1.[K+]. The monoisotopic (exact) mass is 249 g/mol. The van der Waals surface area contributed by atoms with E-state index in [1.54, 1.807) is 0 Å². The summed E-state index contributed by atoms with van der Waals surface area (Å²) in [5.74, 6) is 0.300. The molecule has 1 aliphatic rings. The Morgan fingerprint density at radius 3 is 2.31 bits per heavy atom. The van der Waals surface area contributed by atoms with Gasteiger partial charge in [0.15, 0.2) is 0 Å². The smallest absolute Gasteiger partial charge is 0.445 e. The van der Waals surface area contributed by atoms with Gasteiger partial charge in [0.2, 0.25) is 0 Å². The number of benzene rings is 1. The molecule has 1 aliphatic carbocycles. The van der Waals surface area contributed by atoms with E-state index in [0.717, 1.165) is 30.5 Å². The second kappa shape index (κ2) is 5.23. The van der Waals surface area contributed by atoms with E-state index in [9.17, 15) is 12.9 Å². The van der Waals surface area contributed by atoms with Crippen LogP contribution in [-0.2, 0) is 0 Å². The molecular formula is C10H8BF3KN. The molecule has 6 heteroatoms. The Kier molecular flexibility index (Phi) is 4.67. The van der Waals surface area contributed by atoms with Crippen molar-refractivity contribution < 1.29 is 64.3 Å². The molecule has 0 amide bonds. The fourth-order valence-electron chi connectivity index (χ4n) is 1.62. The Hall–Kier alpha value is 0.201. The van der Waals surface area contributed by atoms with Crippen molar-refractivity contribution in [1.29, 1.82) is 5.26 Å². The number of nitriles is 1. The van der Waals surface area contributed by atoms with Crippen molar-refractivity contribution in [2.24, 2.45) is 0 Å². The summed E-state index contributed by atoms with van der Waals surface area (Å²) in [6.07, 6.45) is 1.95. The van der Waals surface area contributed by atoms with Crippen molar-refractivity contribution in [2.45, 2.75) is 18.8 Å². The fraction of sp³-hybridized carbons (Fsp3) is 0.300. The molecule has 2 rings (SSSR count). The maximum absolute atomic E-state index is 12.4. The number of hydrogen-bond acceptors (Lipinski definition) is 1. The zero-order chi connectivity index (χ0) is 11.1. The van der Waals surface area contributed by atoms with Crippen molar-refractivity contribution in [2.75, 3.05) is 0 Å². The van der Waals surface area contributed by atoms with E-state index in [1.807, 2.05) is 6.07 Å². The number of rotatable bonds is 2. The molecule has 0 atom stereocenters. The second-order valence-corrected chi connectivity index (χ2v) is 3.81. The van der Waals surface area contributed by atoms with Gasteiger partial charge in [-0.05, 0) is 24.3 Å². The van der Waals surface area contributed by atoms with Crippen LogP contribution in [0.25, 0.3) is 0 Å². The van der Waals surface area contributed by atoms with Crippen LogP contribution in [0.3, 0.4) is 0 Å². The van der Waals surface area contributed by atoms with Crippen LogP contribution in [0.4, 0.5) is 12.9 Å². The Morgan fingerprint density at radius 2 is 1.88 bits per heavy atom. The van der Waals surface area contributed by atoms with Crippen molar-refractivity contribution in [3.05, 3.63) is 29.3 Å². The quantitative estimate of drug-likeness (QED) is 0.648. The van der Waals surface area contributed by atoms with Crippen LogP contribution in [0.5, 0.6) is 0 Å². The van der Waals surface area contributed by atoms with E-state index in [1.165, 1.54) is 6.07 Å². The minimum atomic E-state index is -5.00. The first kappa shape index (κ1) is 14.3. The molecule has 16 heavy (non-hydrogen) atoms. The topological polar surface area (TPSA) is 23.8 Å². The predicted octanol–water partition coefficient (Wildman–Crippen LogP) is -0.506. The van der Waals surface area contributed by atoms with Gasteiger partial charge in [-0.25, -0.2) is 0 Å². The molecule has 1 saturated carbocycles. The molecule has 78 valence electrons. The summed E-state index contributed by atoms with van der Waals surface area (Å²) in [4.78, 5) is 0. The summed E-state index contributed by atoms with van der Waals surface area (Å²) in [7, 11) is 0. The summed E-state index contributed by atoms with van der Waals surface area (Å²) < 4.78 is 37.2. The summed E-state index contributed by atoms with van der Waals surface area (Å²) in [5.41, 5.74) is 0.256. The third kappa shape index (κ3) is 3.11. The predicted molar refractivity (Wildman–Crippen MR) is 51.8 cm³/mol. The standard InChI is InChI=1S/C10H8BF3N.K/c12-11(13,14)9-3-4-10(7-1-2-7)8(5-9)6-15;/h3-5,7H,1-2H2;/q-1;+1. The first-order chi connectivity index (χ1) is 7.02. The minimum Gasteiger partial charge on any atom is -0.445 e. The van der Waals surface area contributed by atoms with E-state index < -0.39 is 12.4 Å². The van der Waals surface area contributed by atoms with Crippen LogP contribution in [0.2, 0.25) is 0 Å². The Morgan fingerprint density at radius 1 is 1.25 bits per heavy atom. The van der Waals surface area contributed by atoms with Gasteiger partial charge in [-0.2, -0.15) is 5.26 Å². The van der Waals surface area contributed by atoms with Crippen molar-refractivity contribution in [1.82, 2.24) is 0 Å². The van der Waals surface area contributed by atoms with E-state index in [2.05, 4.69) is 0 Å². The average molecular weight is 249 g/mol. The maximum atomic E-state index is 12.4. The summed E-state index contributed by atoms with van der Waals surface area (Å²) in [6.45, 7) is -5.00. The zero-order valence-corrected chi connectivity index (χ0v) is 12.0. The first-order valence-electron chi connectivity index (χ1n) is 4.76.